The van der Waals surface area contributed by atoms with Gasteiger partial charge in [-0.3, -0.25) is 0 Å². The summed E-state index contributed by atoms with van der Waals surface area (Å²) in [5.41, 5.74) is 0.778. The van der Waals surface area contributed by atoms with Crippen LogP contribution in [0.2, 0.25) is 0 Å². The number of piperidine rings is 1. The van der Waals surface area contributed by atoms with Gasteiger partial charge in [-0.1, -0.05) is 23.5 Å². The first kappa shape index (κ1) is 16.1. The minimum absolute atomic E-state index is 0.0101. The number of nitrogens with one attached hydrogen (secondary N) is 1. The summed E-state index contributed by atoms with van der Waals surface area (Å²) in [5.74, 6) is 0. The van der Waals surface area contributed by atoms with Gasteiger partial charge in [0, 0.05) is 31.5 Å². The number of carbonyl (C=O) groups excluding carboxylic acids is 1. The van der Waals surface area contributed by atoms with Gasteiger partial charge in [-0.15, -0.1) is 0 Å². The zero-order chi connectivity index (χ0) is 16.4. The first-order chi connectivity index (χ1) is 10.9. The van der Waals surface area contributed by atoms with E-state index in [-0.39, 0.29) is 17.7 Å². The van der Waals surface area contributed by atoms with Gasteiger partial charge in [0.25, 0.3) is 5.19 Å². The normalized spacial score (nSPS) is 16.6. The predicted molar refractivity (Wildman–Crippen MR) is 93.1 cm³/mol. The number of para-hydroxylation sites is 1. The second-order valence-corrected chi connectivity index (χ2v) is 7.93. The maximum Gasteiger partial charge on any atom is 0.317 e. The van der Waals surface area contributed by atoms with Crippen LogP contribution in [0.5, 0.6) is 5.19 Å². The molecule has 1 aliphatic heterocycles. The lowest BCUT2D eigenvalue weighted by Crippen LogP contribution is -2.51. The Morgan fingerprint density at radius 3 is 2.65 bits per heavy atom. The maximum absolute atomic E-state index is 12.2. The van der Waals surface area contributed by atoms with Crippen LogP contribution in [-0.4, -0.2) is 40.6 Å². The van der Waals surface area contributed by atoms with E-state index in [9.17, 15) is 4.79 Å². The summed E-state index contributed by atoms with van der Waals surface area (Å²) in [6.45, 7) is 7.42. The van der Waals surface area contributed by atoms with Crippen LogP contribution in [0.15, 0.2) is 24.3 Å². The molecule has 0 radical (unpaired) electrons. The summed E-state index contributed by atoms with van der Waals surface area (Å²) in [6, 6.07) is 8.06. The molecule has 0 saturated carbocycles. The third kappa shape index (κ3) is 4.13. The van der Waals surface area contributed by atoms with E-state index in [1.807, 2.05) is 43.9 Å². The molecule has 2 aromatic rings. The van der Waals surface area contributed by atoms with Gasteiger partial charge in [-0.05, 0) is 32.9 Å². The van der Waals surface area contributed by atoms with Crippen molar-refractivity contribution in [3.8, 4) is 5.19 Å². The fourth-order valence-electron chi connectivity index (χ4n) is 2.62. The van der Waals surface area contributed by atoms with Crippen LogP contribution >= 0.6 is 11.3 Å². The fourth-order valence-corrected chi connectivity index (χ4v) is 3.50. The highest BCUT2D eigenvalue weighted by molar-refractivity contribution is 7.20. The zero-order valence-corrected chi connectivity index (χ0v) is 14.7. The minimum atomic E-state index is -0.203. The number of urea groups is 1. The highest BCUT2D eigenvalue weighted by atomic mass is 32.1. The van der Waals surface area contributed by atoms with Crippen molar-refractivity contribution in [3.05, 3.63) is 24.3 Å². The zero-order valence-electron chi connectivity index (χ0n) is 13.8. The van der Waals surface area contributed by atoms with Crippen molar-refractivity contribution in [3.63, 3.8) is 0 Å². The summed E-state index contributed by atoms with van der Waals surface area (Å²) in [7, 11) is 0. The molecule has 23 heavy (non-hydrogen) atoms. The highest BCUT2D eigenvalue weighted by Crippen LogP contribution is 2.29. The number of aromatic nitrogens is 1. The van der Waals surface area contributed by atoms with Crippen molar-refractivity contribution >= 4 is 27.6 Å². The third-order valence-corrected chi connectivity index (χ3v) is 4.68. The largest absolute Gasteiger partial charge is 0.467 e. The molecule has 1 N–H and O–H groups in total. The second kappa shape index (κ2) is 6.35. The standard InChI is InChI=1S/C17H23N3O2S/c1-17(2,3)19-15(21)20-10-8-12(9-11-20)22-16-18-13-6-4-5-7-14(13)23-16/h4-7,12H,8-11H2,1-3H3,(H,19,21). The molecule has 0 atom stereocenters. The average Bonchev–Trinajstić information content (AvgIpc) is 2.88. The van der Waals surface area contributed by atoms with Gasteiger partial charge >= 0.3 is 6.03 Å². The molecular formula is C17H23N3O2S. The van der Waals surface area contributed by atoms with Crippen molar-refractivity contribution in [2.75, 3.05) is 13.1 Å². The number of rotatable bonds is 2. The van der Waals surface area contributed by atoms with Crippen LogP contribution in [0, 0.1) is 0 Å². The van der Waals surface area contributed by atoms with Crippen LogP contribution < -0.4 is 10.1 Å². The first-order valence-electron chi connectivity index (χ1n) is 8.00. The van der Waals surface area contributed by atoms with E-state index in [2.05, 4.69) is 16.4 Å². The molecule has 124 valence electrons. The number of benzene rings is 1. The van der Waals surface area contributed by atoms with Gasteiger partial charge in [-0.25, -0.2) is 9.78 Å². The third-order valence-electron chi connectivity index (χ3n) is 3.75. The van der Waals surface area contributed by atoms with Gasteiger partial charge in [0.05, 0.1) is 10.2 Å². The number of thiazole rings is 1. The van der Waals surface area contributed by atoms with E-state index in [1.165, 1.54) is 0 Å². The molecule has 1 aliphatic rings. The Kier molecular flexibility index (Phi) is 4.43. The van der Waals surface area contributed by atoms with E-state index >= 15 is 0 Å². The Balaban J connectivity index is 1.54. The quantitative estimate of drug-likeness (QED) is 0.913. The molecular weight excluding hydrogens is 310 g/mol. The average molecular weight is 333 g/mol. The molecule has 2 amide bonds. The summed E-state index contributed by atoms with van der Waals surface area (Å²) >= 11 is 1.58. The van der Waals surface area contributed by atoms with Crippen molar-refractivity contribution in [1.82, 2.24) is 15.2 Å². The van der Waals surface area contributed by atoms with Crippen molar-refractivity contribution in [2.45, 2.75) is 45.3 Å². The van der Waals surface area contributed by atoms with Crippen molar-refractivity contribution in [1.29, 1.82) is 0 Å². The number of carbonyl (C=O) groups is 1. The summed E-state index contributed by atoms with van der Waals surface area (Å²) in [6.07, 6.45) is 1.82. The SMILES string of the molecule is CC(C)(C)NC(=O)N1CCC(Oc2nc3ccccc3s2)CC1. The monoisotopic (exact) mass is 333 g/mol. The van der Waals surface area contributed by atoms with Crippen molar-refractivity contribution in [2.24, 2.45) is 0 Å². The van der Waals surface area contributed by atoms with E-state index in [0.29, 0.717) is 0 Å². The number of nitrogens with zero attached hydrogens (tertiary/aromatic N) is 2. The van der Waals surface area contributed by atoms with Crippen LogP contribution in [-0.2, 0) is 0 Å². The molecule has 1 saturated heterocycles. The first-order valence-corrected chi connectivity index (χ1v) is 8.82. The van der Waals surface area contributed by atoms with E-state index in [1.54, 1.807) is 11.3 Å². The van der Waals surface area contributed by atoms with E-state index in [4.69, 9.17) is 4.74 Å². The summed E-state index contributed by atoms with van der Waals surface area (Å²) in [4.78, 5) is 18.5. The predicted octanol–water partition coefficient (Wildman–Crippen LogP) is 3.65. The van der Waals surface area contributed by atoms with Gasteiger partial charge in [-0.2, -0.15) is 0 Å². The molecule has 0 bridgehead atoms. The van der Waals surface area contributed by atoms with Gasteiger partial charge in [0.2, 0.25) is 0 Å². The topological polar surface area (TPSA) is 54.5 Å². The Bertz CT molecular complexity index is 651. The minimum Gasteiger partial charge on any atom is -0.467 e. The Morgan fingerprint density at radius 2 is 2.00 bits per heavy atom. The molecule has 0 spiro atoms. The number of fused-ring (bicyclic) bond motifs is 1. The van der Waals surface area contributed by atoms with E-state index < -0.39 is 0 Å². The summed E-state index contributed by atoms with van der Waals surface area (Å²) in [5, 5.41) is 3.73. The Morgan fingerprint density at radius 1 is 1.30 bits per heavy atom. The maximum atomic E-state index is 12.2. The molecule has 1 fully saturated rings. The molecule has 1 aromatic carbocycles. The molecule has 0 unspecified atom stereocenters. The number of amides is 2. The van der Waals surface area contributed by atoms with E-state index in [0.717, 1.165) is 41.3 Å². The van der Waals surface area contributed by atoms with Crippen LogP contribution in [0.1, 0.15) is 33.6 Å². The second-order valence-electron chi connectivity index (χ2n) is 6.93. The number of likely N-dealkylation sites (tertiary alicyclic amines) is 1. The Hall–Kier alpha value is -1.82. The van der Waals surface area contributed by atoms with Crippen LogP contribution in [0.4, 0.5) is 4.79 Å². The highest BCUT2D eigenvalue weighted by Gasteiger charge is 2.26. The molecule has 1 aromatic heterocycles. The van der Waals surface area contributed by atoms with Crippen LogP contribution in [0.3, 0.4) is 0 Å². The van der Waals surface area contributed by atoms with Gasteiger partial charge < -0.3 is 15.0 Å². The molecule has 5 nitrogen and oxygen atoms in total. The lowest BCUT2D eigenvalue weighted by Gasteiger charge is -2.33. The Labute approximate surface area is 140 Å². The molecule has 2 heterocycles. The molecule has 0 aliphatic carbocycles. The molecule has 6 heteroatoms. The van der Waals surface area contributed by atoms with Crippen LogP contribution in [0.25, 0.3) is 10.2 Å². The number of ether oxygens (including phenoxy) is 1. The lowest BCUT2D eigenvalue weighted by atomic mass is 10.1. The smallest absolute Gasteiger partial charge is 0.317 e. The lowest BCUT2D eigenvalue weighted by molar-refractivity contribution is 0.108. The van der Waals surface area contributed by atoms with Gasteiger partial charge in [0.1, 0.15) is 6.10 Å². The number of hydrogen-bond donors (Lipinski definition) is 1. The molecule has 3 rings (SSSR count). The fraction of sp³-hybridized carbons (Fsp3) is 0.529. The summed E-state index contributed by atoms with van der Waals surface area (Å²) < 4.78 is 7.16. The number of hydrogen-bond acceptors (Lipinski definition) is 4. The van der Waals surface area contributed by atoms with Gasteiger partial charge in [0.15, 0.2) is 0 Å². The van der Waals surface area contributed by atoms with Crippen molar-refractivity contribution < 1.29 is 9.53 Å².